The number of halogens is 3. The zero-order valence-electron chi connectivity index (χ0n) is 13.0. The van der Waals surface area contributed by atoms with Crippen LogP contribution in [-0.2, 0) is 10.0 Å². The van der Waals surface area contributed by atoms with Crippen molar-refractivity contribution >= 4 is 10.0 Å². The fraction of sp³-hybridized carbons (Fsp3) is 0.643. The molecule has 136 valence electrons. The quantitative estimate of drug-likeness (QED) is 0.767. The summed E-state index contributed by atoms with van der Waals surface area (Å²) in [5, 5.41) is 3.26. The van der Waals surface area contributed by atoms with E-state index in [4.69, 9.17) is 0 Å². The Kier molecular flexibility index (Phi) is 6.41. The molecule has 1 fully saturated rings. The number of nitrogens with one attached hydrogen (secondary N) is 2. The minimum absolute atomic E-state index is 0.108. The highest BCUT2D eigenvalue weighted by Crippen LogP contribution is 2.18. The first-order valence-electron chi connectivity index (χ1n) is 7.62. The molecule has 2 heterocycles. The summed E-state index contributed by atoms with van der Waals surface area (Å²) in [5.41, 5.74) is 0. The predicted molar refractivity (Wildman–Crippen MR) is 81.2 cm³/mol. The van der Waals surface area contributed by atoms with E-state index >= 15 is 0 Å². The molecule has 1 unspecified atom stereocenters. The van der Waals surface area contributed by atoms with Gasteiger partial charge in [0.25, 0.3) is 0 Å². The van der Waals surface area contributed by atoms with E-state index in [0.29, 0.717) is 12.5 Å². The Morgan fingerprint density at radius 1 is 1.38 bits per heavy atom. The Labute approximate surface area is 138 Å². The SMILES string of the molecule is O=S(=O)(NCCC1CCCNC1)c1ccc(OCC(F)(F)F)nc1. The van der Waals surface area contributed by atoms with Gasteiger partial charge in [-0.3, -0.25) is 0 Å². The van der Waals surface area contributed by atoms with Gasteiger partial charge in [0, 0.05) is 12.6 Å². The molecular weight excluding hydrogens is 347 g/mol. The van der Waals surface area contributed by atoms with Gasteiger partial charge < -0.3 is 10.1 Å². The third kappa shape index (κ3) is 6.25. The van der Waals surface area contributed by atoms with Gasteiger partial charge in [0.1, 0.15) is 4.90 Å². The van der Waals surface area contributed by atoms with Crippen molar-refractivity contribution in [1.82, 2.24) is 15.0 Å². The minimum Gasteiger partial charge on any atom is -0.468 e. The average molecular weight is 367 g/mol. The lowest BCUT2D eigenvalue weighted by Crippen LogP contribution is -2.33. The lowest BCUT2D eigenvalue weighted by Gasteiger charge is -2.22. The second kappa shape index (κ2) is 8.13. The molecule has 1 aromatic rings. The van der Waals surface area contributed by atoms with Crippen LogP contribution < -0.4 is 14.8 Å². The van der Waals surface area contributed by atoms with Gasteiger partial charge in [-0.15, -0.1) is 0 Å². The van der Waals surface area contributed by atoms with Crippen LogP contribution >= 0.6 is 0 Å². The van der Waals surface area contributed by atoms with Gasteiger partial charge >= 0.3 is 6.18 Å². The number of alkyl halides is 3. The molecule has 0 spiro atoms. The van der Waals surface area contributed by atoms with E-state index in [1.807, 2.05) is 0 Å². The first-order valence-corrected chi connectivity index (χ1v) is 9.10. The van der Waals surface area contributed by atoms with Crippen LogP contribution in [0.2, 0.25) is 0 Å². The van der Waals surface area contributed by atoms with Crippen LogP contribution in [0.1, 0.15) is 19.3 Å². The number of pyridine rings is 1. The summed E-state index contributed by atoms with van der Waals surface area (Å²) in [7, 11) is -3.73. The molecule has 0 radical (unpaired) electrons. The van der Waals surface area contributed by atoms with Crippen molar-refractivity contribution in [2.45, 2.75) is 30.3 Å². The normalized spacial score (nSPS) is 19.2. The first-order chi connectivity index (χ1) is 11.3. The van der Waals surface area contributed by atoms with E-state index in [2.05, 4.69) is 19.8 Å². The fourth-order valence-corrected chi connectivity index (χ4v) is 3.41. The second-order valence-electron chi connectivity index (χ2n) is 5.63. The first kappa shape index (κ1) is 18.9. The van der Waals surface area contributed by atoms with Gasteiger partial charge in [-0.2, -0.15) is 13.2 Å². The summed E-state index contributed by atoms with van der Waals surface area (Å²) in [5.74, 6) is 0.164. The van der Waals surface area contributed by atoms with E-state index in [0.717, 1.165) is 44.6 Å². The van der Waals surface area contributed by atoms with Gasteiger partial charge in [-0.05, 0) is 44.3 Å². The molecule has 0 aliphatic carbocycles. The number of piperidine rings is 1. The Hall–Kier alpha value is -1.39. The number of aromatic nitrogens is 1. The van der Waals surface area contributed by atoms with Crippen molar-refractivity contribution < 1.29 is 26.3 Å². The summed E-state index contributed by atoms with van der Waals surface area (Å²) < 4.78 is 67.3. The fourth-order valence-electron chi connectivity index (χ4n) is 2.42. The third-order valence-corrected chi connectivity index (χ3v) is 5.09. The van der Waals surface area contributed by atoms with Crippen molar-refractivity contribution in [3.63, 3.8) is 0 Å². The lowest BCUT2D eigenvalue weighted by atomic mass is 9.96. The largest absolute Gasteiger partial charge is 0.468 e. The minimum atomic E-state index is -4.47. The summed E-state index contributed by atoms with van der Waals surface area (Å²) >= 11 is 0. The van der Waals surface area contributed by atoms with Crippen LogP contribution in [0.15, 0.2) is 23.2 Å². The molecule has 6 nitrogen and oxygen atoms in total. The number of ether oxygens (including phenoxy) is 1. The lowest BCUT2D eigenvalue weighted by molar-refractivity contribution is -0.154. The number of hydrogen-bond donors (Lipinski definition) is 2. The highest BCUT2D eigenvalue weighted by molar-refractivity contribution is 7.89. The molecule has 1 aromatic heterocycles. The summed E-state index contributed by atoms with van der Waals surface area (Å²) in [6.07, 6.45) is -0.604. The van der Waals surface area contributed by atoms with Crippen LogP contribution in [0.3, 0.4) is 0 Å². The molecule has 10 heteroatoms. The summed E-state index contributed by atoms with van der Waals surface area (Å²) in [4.78, 5) is 3.49. The molecule has 0 amide bonds. The molecule has 1 aliphatic heterocycles. The van der Waals surface area contributed by atoms with Crippen molar-refractivity contribution in [1.29, 1.82) is 0 Å². The average Bonchev–Trinajstić information content (AvgIpc) is 2.53. The topological polar surface area (TPSA) is 80.3 Å². The zero-order valence-corrected chi connectivity index (χ0v) is 13.8. The molecule has 1 saturated heterocycles. The van der Waals surface area contributed by atoms with Crippen LogP contribution in [-0.4, -0.2) is 45.8 Å². The van der Waals surface area contributed by atoms with E-state index in [1.165, 1.54) is 6.07 Å². The molecule has 1 aliphatic rings. The number of sulfonamides is 1. The second-order valence-corrected chi connectivity index (χ2v) is 7.40. The Morgan fingerprint density at radius 3 is 2.75 bits per heavy atom. The van der Waals surface area contributed by atoms with Crippen molar-refractivity contribution in [2.24, 2.45) is 5.92 Å². The smallest absolute Gasteiger partial charge is 0.422 e. The van der Waals surface area contributed by atoms with E-state index in [1.54, 1.807) is 0 Å². The predicted octanol–water partition coefficient (Wildman–Crippen LogP) is 1.69. The van der Waals surface area contributed by atoms with Crippen molar-refractivity contribution in [3.8, 4) is 5.88 Å². The van der Waals surface area contributed by atoms with Crippen LogP contribution in [0.4, 0.5) is 13.2 Å². The number of hydrogen-bond acceptors (Lipinski definition) is 5. The number of rotatable bonds is 7. The molecule has 2 N–H and O–H groups in total. The molecule has 1 atom stereocenters. The van der Waals surface area contributed by atoms with E-state index in [9.17, 15) is 21.6 Å². The van der Waals surface area contributed by atoms with Crippen LogP contribution in [0.25, 0.3) is 0 Å². The van der Waals surface area contributed by atoms with Crippen LogP contribution in [0.5, 0.6) is 5.88 Å². The Bertz CT molecular complexity index is 614. The molecular formula is C14H20F3N3O3S. The van der Waals surface area contributed by atoms with Gasteiger partial charge in [0.05, 0.1) is 6.20 Å². The van der Waals surface area contributed by atoms with Crippen LogP contribution in [0, 0.1) is 5.92 Å². The maximum Gasteiger partial charge on any atom is 0.422 e. The molecule has 0 aromatic carbocycles. The molecule has 2 rings (SSSR count). The molecule has 24 heavy (non-hydrogen) atoms. The van der Waals surface area contributed by atoms with Crippen molar-refractivity contribution in [3.05, 3.63) is 18.3 Å². The Morgan fingerprint density at radius 2 is 2.17 bits per heavy atom. The van der Waals surface area contributed by atoms with E-state index < -0.39 is 22.8 Å². The maximum absolute atomic E-state index is 12.1. The van der Waals surface area contributed by atoms with Gasteiger partial charge in [0.15, 0.2) is 6.61 Å². The highest BCUT2D eigenvalue weighted by atomic mass is 32.2. The van der Waals surface area contributed by atoms with Gasteiger partial charge in [-0.1, -0.05) is 0 Å². The Balaban J connectivity index is 1.84. The standard InChI is InChI=1S/C14H20F3N3O3S/c15-14(16,17)10-23-13-4-3-12(9-19-13)24(21,22)20-7-5-11-2-1-6-18-8-11/h3-4,9,11,18,20H,1-2,5-8,10H2. The van der Waals surface area contributed by atoms with Gasteiger partial charge in [0.2, 0.25) is 15.9 Å². The van der Waals surface area contributed by atoms with Gasteiger partial charge in [-0.25, -0.2) is 18.1 Å². The summed E-state index contributed by atoms with van der Waals surface area (Å²) in [6.45, 7) is 0.714. The maximum atomic E-state index is 12.1. The molecule has 0 saturated carbocycles. The zero-order chi connectivity index (χ0) is 17.6. The molecule has 0 bridgehead atoms. The highest BCUT2D eigenvalue weighted by Gasteiger charge is 2.28. The summed E-state index contributed by atoms with van der Waals surface area (Å²) in [6, 6.07) is 2.27. The van der Waals surface area contributed by atoms with Crippen molar-refractivity contribution in [2.75, 3.05) is 26.2 Å². The monoisotopic (exact) mass is 367 g/mol. The number of nitrogens with zero attached hydrogens (tertiary/aromatic N) is 1. The van der Waals surface area contributed by atoms with E-state index in [-0.39, 0.29) is 10.8 Å². The third-order valence-electron chi connectivity index (χ3n) is 3.65.